The van der Waals surface area contributed by atoms with Gasteiger partial charge in [-0.05, 0) is 49.8 Å². The zero-order valence-corrected chi connectivity index (χ0v) is 19.0. The van der Waals surface area contributed by atoms with Gasteiger partial charge in [0.25, 0.3) is 0 Å². The number of hydrogen-bond donors (Lipinski definition) is 2. The van der Waals surface area contributed by atoms with Crippen LogP contribution >= 0.6 is 0 Å². The van der Waals surface area contributed by atoms with E-state index in [4.69, 9.17) is 4.99 Å². The molecule has 2 atom stereocenters. The van der Waals surface area contributed by atoms with Gasteiger partial charge in [-0.25, -0.2) is 4.99 Å². The third kappa shape index (κ3) is 6.46. The normalized spacial score (nSPS) is 22.9. The second-order valence-corrected chi connectivity index (χ2v) is 8.77. The second kappa shape index (κ2) is 11.3. The first-order valence-electron chi connectivity index (χ1n) is 11.7. The molecule has 166 valence electrons. The van der Waals surface area contributed by atoms with E-state index in [0.29, 0.717) is 13.0 Å². The highest BCUT2D eigenvalue weighted by Crippen LogP contribution is 2.20. The van der Waals surface area contributed by atoms with Crippen LogP contribution in [-0.4, -0.2) is 60.4 Å². The molecule has 2 heterocycles. The van der Waals surface area contributed by atoms with Crippen molar-refractivity contribution in [1.29, 1.82) is 0 Å². The summed E-state index contributed by atoms with van der Waals surface area (Å²) >= 11 is 0. The Hall–Kier alpha value is -2.08. The average Bonchev–Trinajstić information content (AvgIpc) is 3.21. The van der Waals surface area contributed by atoms with Crippen molar-refractivity contribution in [2.75, 3.05) is 32.7 Å². The Kier molecular flexibility index (Phi) is 8.55. The first-order chi connectivity index (χ1) is 14.6. The molecule has 1 aromatic rings. The number of nitrogens with one attached hydrogen (secondary N) is 2. The zero-order valence-electron chi connectivity index (χ0n) is 19.0. The highest BCUT2D eigenvalue weighted by atomic mass is 16.2. The quantitative estimate of drug-likeness (QED) is 0.533. The summed E-state index contributed by atoms with van der Waals surface area (Å²) in [6.07, 6.45) is 4.20. The van der Waals surface area contributed by atoms with Crippen molar-refractivity contribution in [2.24, 2.45) is 10.9 Å². The van der Waals surface area contributed by atoms with Crippen LogP contribution in [-0.2, 0) is 17.9 Å². The van der Waals surface area contributed by atoms with Crippen molar-refractivity contribution in [1.82, 2.24) is 20.4 Å². The van der Waals surface area contributed by atoms with Crippen molar-refractivity contribution >= 4 is 11.9 Å². The van der Waals surface area contributed by atoms with Gasteiger partial charge in [0.05, 0.1) is 6.54 Å². The van der Waals surface area contributed by atoms with Gasteiger partial charge in [0.1, 0.15) is 0 Å². The minimum absolute atomic E-state index is 0.238. The molecule has 0 radical (unpaired) electrons. The van der Waals surface area contributed by atoms with E-state index in [9.17, 15) is 4.79 Å². The number of carbonyl (C=O) groups is 1. The van der Waals surface area contributed by atoms with E-state index in [1.54, 1.807) is 0 Å². The van der Waals surface area contributed by atoms with Crippen LogP contribution < -0.4 is 10.6 Å². The summed E-state index contributed by atoms with van der Waals surface area (Å²) < 4.78 is 0. The molecule has 2 aliphatic rings. The Morgan fingerprint density at radius 2 is 1.93 bits per heavy atom. The number of carbonyl (C=O) groups excluding carboxylic acids is 1. The van der Waals surface area contributed by atoms with Gasteiger partial charge in [-0.1, -0.05) is 38.1 Å². The minimum Gasteiger partial charge on any atom is -0.357 e. The Labute approximate surface area is 182 Å². The molecule has 0 spiro atoms. The Morgan fingerprint density at radius 1 is 1.13 bits per heavy atom. The summed E-state index contributed by atoms with van der Waals surface area (Å²) in [6, 6.07) is 8.96. The molecule has 0 saturated carbocycles. The van der Waals surface area contributed by atoms with E-state index < -0.39 is 0 Å². The zero-order chi connectivity index (χ0) is 21.3. The van der Waals surface area contributed by atoms with Crippen LogP contribution in [0.15, 0.2) is 29.3 Å². The van der Waals surface area contributed by atoms with Crippen LogP contribution in [0.3, 0.4) is 0 Å². The van der Waals surface area contributed by atoms with Gasteiger partial charge in [-0.2, -0.15) is 0 Å². The maximum atomic E-state index is 12.0. The third-order valence-corrected chi connectivity index (χ3v) is 6.19. The molecule has 0 aliphatic carbocycles. The number of guanidine groups is 1. The summed E-state index contributed by atoms with van der Waals surface area (Å²) in [7, 11) is 0. The number of aliphatic imine (C=N–C) groups is 1. The number of likely N-dealkylation sites (tertiary alicyclic amines) is 2. The van der Waals surface area contributed by atoms with Crippen LogP contribution in [0.2, 0.25) is 0 Å². The van der Waals surface area contributed by atoms with E-state index >= 15 is 0 Å². The maximum absolute atomic E-state index is 12.0. The lowest BCUT2D eigenvalue weighted by atomic mass is 9.99. The summed E-state index contributed by atoms with van der Waals surface area (Å²) in [5.41, 5.74) is 2.67. The van der Waals surface area contributed by atoms with Crippen molar-refractivity contribution < 1.29 is 4.79 Å². The lowest BCUT2D eigenvalue weighted by molar-refractivity contribution is -0.129. The maximum Gasteiger partial charge on any atom is 0.222 e. The topological polar surface area (TPSA) is 60.0 Å². The number of amides is 1. The number of piperidine rings is 1. The van der Waals surface area contributed by atoms with E-state index in [0.717, 1.165) is 44.5 Å². The van der Waals surface area contributed by atoms with Gasteiger partial charge in [0, 0.05) is 45.2 Å². The lowest BCUT2D eigenvalue weighted by Gasteiger charge is -2.31. The lowest BCUT2D eigenvalue weighted by Crippen LogP contribution is -2.45. The fraction of sp³-hybridized carbons (Fsp3) is 0.667. The van der Waals surface area contributed by atoms with Gasteiger partial charge in [-0.3, -0.25) is 9.69 Å². The fourth-order valence-electron chi connectivity index (χ4n) is 4.54. The first kappa shape index (κ1) is 22.6. The Morgan fingerprint density at radius 3 is 2.67 bits per heavy atom. The standard InChI is InChI=1S/C24H39N5O/c1-4-23(30)29-14-12-22(18-29)27-24(25-5-2)26-15-20-10-6-7-11-21(20)17-28-13-8-9-19(3)16-28/h6-7,10-11,19,22H,4-5,8-9,12-18H2,1-3H3,(H2,25,26,27). The molecule has 2 saturated heterocycles. The molecule has 0 aromatic heterocycles. The second-order valence-electron chi connectivity index (χ2n) is 8.77. The van der Waals surface area contributed by atoms with Gasteiger partial charge < -0.3 is 15.5 Å². The predicted molar refractivity (Wildman–Crippen MR) is 123 cm³/mol. The molecule has 2 fully saturated rings. The number of rotatable bonds is 7. The molecule has 0 bridgehead atoms. The molecule has 2 aliphatic heterocycles. The average molecular weight is 414 g/mol. The molecule has 1 amide bonds. The van der Waals surface area contributed by atoms with Crippen molar-refractivity contribution in [3.63, 3.8) is 0 Å². The van der Waals surface area contributed by atoms with E-state index in [1.807, 2.05) is 11.8 Å². The molecule has 2 N–H and O–H groups in total. The molecule has 1 aromatic carbocycles. The van der Waals surface area contributed by atoms with E-state index in [1.165, 1.54) is 37.1 Å². The van der Waals surface area contributed by atoms with Gasteiger partial charge in [-0.15, -0.1) is 0 Å². The largest absolute Gasteiger partial charge is 0.357 e. The SMILES string of the molecule is CCNC(=NCc1ccccc1CN1CCCC(C)C1)NC1CCN(C(=O)CC)C1. The predicted octanol–water partition coefficient (Wildman–Crippen LogP) is 2.98. The Bertz CT molecular complexity index is 719. The van der Waals surface area contributed by atoms with Crippen LogP contribution in [0.25, 0.3) is 0 Å². The first-order valence-corrected chi connectivity index (χ1v) is 11.7. The summed E-state index contributed by atoms with van der Waals surface area (Å²) in [6.45, 7) is 12.9. The smallest absolute Gasteiger partial charge is 0.222 e. The van der Waals surface area contributed by atoms with Gasteiger partial charge in [0.2, 0.25) is 5.91 Å². The van der Waals surface area contributed by atoms with Crippen LogP contribution in [0.1, 0.15) is 57.6 Å². The Balaban J connectivity index is 1.61. The fourth-order valence-corrected chi connectivity index (χ4v) is 4.54. The van der Waals surface area contributed by atoms with E-state index in [-0.39, 0.29) is 11.9 Å². The molecular formula is C24H39N5O. The molecule has 2 unspecified atom stereocenters. The van der Waals surface area contributed by atoms with Crippen molar-refractivity contribution in [3.05, 3.63) is 35.4 Å². The summed E-state index contributed by atoms with van der Waals surface area (Å²) in [4.78, 5) is 21.4. The summed E-state index contributed by atoms with van der Waals surface area (Å²) in [5, 5.41) is 6.91. The van der Waals surface area contributed by atoms with Crippen LogP contribution in [0.5, 0.6) is 0 Å². The van der Waals surface area contributed by atoms with Crippen molar-refractivity contribution in [2.45, 2.75) is 65.6 Å². The number of benzene rings is 1. The number of hydrogen-bond acceptors (Lipinski definition) is 3. The highest BCUT2D eigenvalue weighted by Gasteiger charge is 2.25. The highest BCUT2D eigenvalue weighted by molar-refractivity contribution is 5.80. The van der Waals surface area contributed by atoms with Gasteiger partial charge >= 0.3 is 0 Å². The summed E-state index contributed by atoms with van der Waals surface area (Å²) in [5.74, 6) is 1.87. The van der Waals surface area contributed by atoms with Gasteiger partial charge in [0.15, 0.2) is 5.96 Å². The van der Waals surface area contributed by atoms with Crippen molar-refractivity contribution in [3.8, 4) is 0 Å². The van der Waals surface area contributed by atoms with Crippen LogP contribution in [0, 0.1) is 5.92 Å². The molecular weight excluding hydrogens is 374 g/mol. The molecule has 6 nitrogen and oxygen atoms in total. The van der Waals surface area contributed by atoms with Crippen LogP contribution in [0.4, 0.5) is 0 Å². The third-order valence-electron chi connectivity index (χ3n) is 6.19. The number of nitrogens with zero attached hydrogens (tertiary/aromatic N) is 3. The molecule has 30 heavy (non-hydrogen) atoms. The molecule has 3 rings (SSSR count). The minimum atomic E-state index is 0.238. The molecule has 6 heteroatoms. The van der Waals surface area contributed by atoms with E-state index in [2.05, 4.69) is 53.6 Å². The monoisotopic (exact) mass is 413 g/mol.